The molecule has 144 valence electrons. The SMILES string of the molecule is COc1ccc(C(C(=O)Nc2nc(-c3ccc(Cl)c(Cl)c3)cs2)C2CC2)cc1. The average molecular weight is 433 g/mol. The zero-order valence-electron chi connectivity index (χ0n) is 15.1. The average Bonchev–Trinajstić information content (AvgIpc) is 3.42. The van der Waals surface area contributed by atoms with Gasteiger partial charge in [-0.25, -0.2) is 4.98 Å². The number of thiazole rings is 1. The normalized spacial score (nSPS) is 14.5. The Morgan fingerprint density at radius 3 is 2.57 bits per heavy atom. The molecule has 1 aliphatic rings. The number of anilines is 1. The lowest BCUT2D eigenvalue weighted by molar-refractivity contribution is -0.118. The number of nitrogens with zero attached hydrogens (tertiary/aromatic N) is 1. The number of methoxy groups -OCH3 is 1. The number of aromatic nitrogens is 1. The molecule has 28 heavy (non-hydrogen) atoms. The van der Waals surface area contributed by atoms with Gasteiger partial charge in [0.1, 0.15) is 5.75 Å². The van der Waals surface area contributed by atoms with Gasteiger partial charge in [-0.2, -0.15) is 0 Å². The van der Waals surface area contributed by atoms with Gasteiger partial charge >= 0.3 is 0 Å². The molecule has 1 atom stereocenters. The highest BCUT2D eigenvalue weighted by molar-refractivity contribution is 7.14. The van der Waals surface area contributed by atoms with Crippen molar-refractivity contribution >= 4 is 45.6 Å². The molecule has 7 heteroatoms. The van der Waals surface area contributed by atoms with Crippen molar-refractivity contribution in [1.29, 1.82) is 0 Å². The van der Waals surface area contributed by atoms with Gasteiger partial charge in [0.25, 0.3) is 0 Å². The van der Waals surface area contributed by atoms with Gasteiger partial charge in [0.2, 0.25) is 5.91 Å². The van der Waals surface area contributed by atoms with Crippen LogP contribution in [0.3, 0.4) is 0 Å². The van der Waals surface area contributed by atoms with Gasteiger partial charge in [-0.05, 0) is 48.6 Å². The number of halogens is 2. The molecule has 2 aromatic carbocycles. The van der Waals surface area contributed by atoms with Crippen LogP contribution < -0.4 is 10.1 Å². The first kappa shape index (κ1) is 19.2. The number of benzene rings is 2. The molecule has 0 spiro atoms. The minimum atomic E-state index is -0.178. The van der Waals surface area contributed by atoms with Gasteiger partial charge in [-0.15, -0.1) is 11.3 Å². The molecule has 4 nitrogen and oxygen atoms in total. The van der Waals surface area contributed by atoms with Crippen LogP contribution >= 0.6 is 34.5 Å². The Hall–Kier alpha value is -2.08. The van der Waals surface area contributed by atoms with E-state index in [9.17, 15) is 4.79 Å². The Bertz CT molecular complexity index is 1000. The molecule has 1 unspecified atom stereocenters. The van der Waals surface area contributed by atoms with Crippen molar-refractivity contribution in [3.63, 3.8) is 0 Å². The highest BCUT2D eigenvalue weighted by Crippen LogP contribution is 2.43. The van der Waals surface area contributed by atoms with Crippen LogP contribution in [0.25, 0.3) is 11.3 Å². The second-order valence-corrected chi connectivity index (χ2v) is 8.42. The van der Waals surface area contributed by atoms with E-state index in [0.29, 0.717) is 21.1 Å². The van der Waals surface area contributed by atoms with E-state index in [1.54, 1.807) is 19.2 Å². The molecule has 1 saturated carbocycles. The topological polar surface area (TPSA) is 51.2 Å². The lowest BCUT2D eigenvalue weighted by atomic mass is 9.93. The Balaban J connectivity index is 1.51. The summed E-state index contributed by atoms with van der Waals surface area (Å²) in [6.45, 7) is 0. The summed E-state index contributed by atoms with van der Waals surface area (Å²) in [6, 6.07) is 13.1. The van der Waals surface area contributed by atoms with E-state index in [1.807, 2.05) is 35.7 Å². The van der Waals surface area contributed by atoms with Crippen molar-refractivity contribution in [2.45, 2.75) is 18.8 Å². The fraction of sp³-hybridized carbons (Fsp3) is 0.238. The summed E-state index contributed by atoms with van der Waals surface area (Å²) in [6.07, 6.45) is 2.13. The first-order chi connectivity index (χ1) is 13.5. The lowest BCUT2D eigenvalue weighted by Gasteiger charge is -2.16. The standard InChI is InChI=1S/C21H18Cl2N2O2S/c1-27-15-7-4-13(5-8-15)19(12-2-3-12)20(26)25-21-24-18(11-28-21)14-6-9-16(22)17(23)10-14/h4-12,19H,2-3H2,1H3,(H,24,25,26). The summed E-state index contributed by atoms with van der Waals surface area (Å²) in [4.78, 5) is 17.5. The van der Waals surface area contributed by atoms with Gasteiger partial charge in [-0.1, -0.05) is 41.4 Å². The molecule has 0 bridgehead atoms. The molecule has 1 amide bonds. The highest BCUT2D eigenvalue weighted by atomic mass is 35.5. The van der Waals surface area contributed by atoms with Crippen LogP contribution in [0.2, 0.25) is 10.0 Å². The molecule has 0 aliphatic heterocycles. The summed E-state index contributed by atoms with van der Waals surface area (Å²) in [5.41, 5.74) is 2.62. The summed E-state index contributed by atoms with van der Waals surface area (Å²) >= 11 is 13.5. The second kappa shape index (κ2) is 8.11. The van der Waals surface area contributed by atoms with Gasteiger partial charge < -0.3 is 10.1 Å². The van der Waals surface area contributed by atoms with E-state index in [2.05, 4.69) is 10.3 Å². The van der Waals surface area contributed by atoms with Crippen molar-refractivity contribution in [2.24, 2.45) is 5.92 Å². The molecule has 1 N–H and O–H groups in total. The largest absolute Gasteiger partial charge is 0.497 e. The monoisotopic (exact) mass is 432 g/mol. The number of carbonyl (C=O) groups is 1. The number of amides is 1. The van der Waals surface area contributed by atoms with Crippen LogP contribution in [-0.2, 0) is 4.79 Å². The Labute approximate surface area is 177 Å². The molecule has 0 radical (unpaired) electrons. The van der Waals surface area contributed by atoms with Crippen LogP contribution in [0.4, 0.5) is 5.13 Å². The second-order valence-electron chi connectivity index (χ2n) is 6.74. The lowest BCUT2D eigenvalue weighted by Crippen LogP contribution is -2.22. The maximum atomic E-state index is 13.0. The molecular formula is C21H18Cl2N2O2S. The summed E-state index contributed by atoms with van der Waals surface area (Å²) in [7, 11) is 1.63. The van der Waals surface area contributed by atoms with E-state index >= 15 is 0 Å². The van der Waals surface area contributed by atoms with Crippen molar-refractivity contribution in [3.8, 4) is 17.0 Å². The zero-order valence-corrected chi connectivity index (χ0v) is 17.4. The number of hydrogen-bond donors (Lipinski definition) is 1. The molecule has 1 heterocycles. The van der Waals surface area contributed by atoms with Crippen LogP contribution in [0, 0.1) is 5.92 Å². The van der Waals surface area contributed by atoms with Gasteiger partial charge in [0.15, 0.2) is 5.13 Å². The van der Waals surface area contributed by atoms with E-state index in [-0.39, 0.29) is 11.8 Å². The van der Waals surface area contributed by atoms with Gasteiger partial charge in [-0.3, -0.25) is 4.79 Å². The molecular weight excluding hydrogens is 415 g/mol. The van der Waals surface area contributed by atoms with Gasteiger partial charge in [0, 0.05) is 10.9 Å². The highest BCUT2D eigenvalue weighted by Gasteiger charge is 2.37. The van der Waals surface area contributed by atoms with Crippen molar-refractivity contribution in [3.05, 3.63) is 63.5 Å². The van der Waals surface area contributed by atoms with Crippen molar-refractivity contribution < 1.29 is 9.53 Å². The van der Waals surface area contributed by atoms with Crippen molar-refractivity contribution in [2.75, 3.05) is 12.4 Å². The van der Waals surface area contributed by atoms with E-state index in [1.165, 1.54) is 11.3 Å². The fourth-order valence-corrected chi connectivity index (χ4v) is 4.20. The molecule has 1 fully saturated rings. The Morgan fingerprint density at radius 1 is 1.18 bits per heavy atom. The van der Waals surface area contributed by atoms with Gasteiger partial charge in [0.05, 0.1) is 28.8 Å². The van der Waals surface area contributed by atoms with Crippen molar-refractivity contribution in [1.82, 2.24) is 4.98 Å². The minimum Gasteiger partial charge on any atom is -0.497 e. The quantitative estimate of drug-likeness (QED) is 0.499. The summed E-state index contributed by atoms with van der Waals surface area (Å²) in [5.74, 6) is 0.957. The summed E-state index contributed by atoms with van der Waals surface area (Å²) < 4.78 is 5.22. The summed E-state index contributed by atoms with van der Waals surface area (Å²) in [5, 5.41) is 6.44. The number of nitrogens with one attached hydrogen (secondary N) is 1. The predicted octanol–water partition coefficient (Wildman–Crippen LogP) is 6.26. The molecule has 3 aromatic rings. The first-order valence-electron chi connectivity index (χ1n) is 8.91. The van der Waals surface area contributed by atoms with E-state index in [4.69, 9.17) is 27.9 Å². The third-order valence-corrected chi connectivity index (χ3v) is 6.30. The number of rotatable bonds is 6. The van der Waals surface area contributed by atoms with Crippen LogP contribution in [-0.4, -0.2) is 18.0 Å². The van der Waals surface area contributed by atoms with E-state index in [0.717, 1.165) is 35.4 Å². The van der Waals surface area contributed by atoms with Crippen LogP contribution in [0.5, 0.6) is 5.75 Å². The van der Waals surface area contributed by atoms with Crippen LogP contribution in [0.1, 0.15) is 24.3 Å². The number of ether oxygens (including phenoxy) is 1. The third kappa shape index (κ3) is 4.17. The Kier molecular flexibility index (Phi) is 5.58. The smallest absolute Gasteiger partial charge is 0.233 e. The molecule has 0 saturated heterocycles. The minimum absolute atomic E-state index is 0.0253. The maximum absolute atomic E-state index is 13.0. The number of hydrogen-bond acceptors (Lipinski definition) is 4. The maximum Gasteiger partial charge on any atom is 0.233 e. The first-order valence-corrected chi connectivity index (χ1v) is 10.5. The predicted molar refractivity (Wildman–Crippen MR) is 115 cm³/mol. The molecule has 1 aromatic heterocycles. The van der Waals surface area contributed by atoms with Crippen LogP contribution in [0.15, 0.2) is 47.8 Å². The number of carbonyl (C=O) groups excluding carboxylic acids is 1. The molecule has 4 rings (SSSR count). The molecule has 1 aliphatic carbocycles. The zero-order chi connectivity index (χ0) is 19.7. The van der Waals surface area contributed by atoms with E-state index < -0.39 is 0 Å². The fourth-order valence-electron chi connectivity index (χ4n) is 3.18. The Morgan fingerprint density at radius 2 is 1.93 bits per heavy atom. The third-order valence-electron chi connectivity index (χ3n) is 4.80.